The van der Waals surface area contributed by atoms with Gasteiger partial charge in [-0.3, -0.25) is 4.79 Å². The van der Waals surface area contributed by atoms with Crippen molar-refractivity contribution in [1.82, 2.24) is 24.6 Å². The second kappa shape index (κ2) is 6.21. The highest BCUT2D eigenvalue weighted by atomic mass is 19.4. The summed E-state index contributed by atoms with van der Waals surface area (Å²) in [5, 5.41) is 7.86. The molecule has 0 aromatic carbocycles. The summed E-state index contributed by atoms with van der Waals surface area (Å²) in [5.74, 6) is 0.421. The summed E-state index contributed by atoms with van der Waals surface area (Å²) in [6.45, 7) is 0.551. The second-order valence-corrected chi connectivity index (χ2v) is 5.73. The first kappa shape index (κ1) is 16.4. The highest BCUT2D eigenvalue weighted by Crippen LogP contribution is 2.31. The normalized spacial score (nSPS) is 18.2. The molecule has 0 radical (unpaired) electrons. The topological polar surface area (TPSA) is 63.9 Å². The van der Waals surface area contributed by atoms with E-state index in [0.717, 1.165) is 18.9 Å². The number of aromatic nitrogens is 4. The van der Waals surface area contributed by atoms with Crippen molar-refractivity contribution in [2.45, 2.75) is 31.5 Å². The molecule has 1 aliphatic heterocycles. The lowest BCUT2D eigenvalue weighted by atomic mass is 10.2. The van der Waals surface area contributed by atoms with Crippen molar-refractivity contribution in [3.05, 3.63) is 41.7 Å². The van der Waals surface area contributed by atoms with E-state index in [-0.39, 0.29) is 24.1 Å². The van der Waals surface area contributed by atoms with Crippen molar-refractivity contribution in [2.24, 2.45) is 7.05 Å². The molecule has 2 aromatic heterocycles. The Morgan fingerprint density at radius 1 is 1.38 bits per heavy atom. The molecule has 3 heterocycles. The molecule has 0 aliphatic carbocycles. The van der Waals surface area contributed by atoms with E-state index in [1.54, 1.807) is 22.8 Å². The monoisotopic (exact) mass is 339 g/mol. The van der Waals surface area contributed by atoms with Crippen LogP contribution in [0.2, 0.25) is 0 Å². The molecule has 128 valence electrons. The molecule has 1 amide bonds. The Hall–Kier alpha value is -2.45. The van der Waals surface area contributed by atoms with Gasteiger partial charge in [0.2, 0.25) is 5.91 Å². The van der Waals surface area contributed by atoms with Gasteiger partial charge in [-0.15, -0.1) is 10.2 Å². The quantitative estimate of drug-likeness (QED) is 0.859. The van der Waals surface area contributed by atoms with E-state index in [2.05, 4.69) is 15.2 Å². The van der Waals surface area contributed by atoms with Crippen LogP contribution in [0.15, 0.2) is 24.5 Å². The van der Waals surface area contributed by atoms with E-state index in [1.165, 1.54) is 12.1 Å². The first-order chi connectivity index (χ1) is 11.4. The van der Waals surface area contributed by atoms with Crippen LogP contribution in [0.5, 0.6) is 0 Å². The van der Waals surface area contributed by atoms with Gasteiger partial charge in [0.1, 0.15) is 12.0 Å². The molecular formula is C15H16F3N5O. The summed E-state index contributed by atoms with van der Waals surface area (Å²) < 4.78 is 39.9. The van der Waals surface area contributed by atoms with Crippen LogP contribution in [0.4, 0.5) is 13.2 Å². The molecule has 1 atom stereocenters. The zero-order valence-corrected chi connectivity index (χ0v) is 13.0. The zero-order valence-electron chi connectivity index (χ0n) is 13.0. The van der Waals surface area contributed by atoms with E-state index >= 15 is 0 Å². The number of hydrogen-bond donors (Lipinski definition) is 0. The largest absolute Gasteiger partial charge is 0.433 e. The van der Waals surface area contributed by atoms with Crippen LogP contribution in [0.3, 0.4) is 0 Å². The van der Waals surface area contributed by atoms with Gasteiger partial charge in [-0.1, -0.05) is 6.07 Å². The molecule has 9 heteroatoms. The minimum atomic E-state index is -4.52. The lowest BCUT2D eigenvalue weighted by Gasteiger charge is -2.24. The predicted molar refractivity (Wildman–Crippen MR) is 77.6 cm³/mol. The molecule has 3 rings (SSSR count). The lowest BCUT2D eigenvalue weighted by molar-refractivity contribution is -0.141. The third-order valence-electron chi connectivity index (χ3n) is 4.05. The number of rotatable bonds is 3. The molecule has 24 heavy (non-hydrogen) atoms. The number of alkyl halides is 3. The molecule has 1 fully saturated rings. The van der Waals surface area contributed by atoms with Gasteiger partial charge >= 0.3 is 6.18 Å². The SMILES string of the molecule is Cn1cnnc1C1CCCN1C(=O)Cc1cccc(C(F)(F)F)n1. The van der Waals surface area contributed by atoms with E-state index in [1.807, 2.05) is 0 Å². The number of halogens is 3. The van der Waals surface area contributed by atoms with E-state index in [0.29, 0.717) is 12.4 Å². The number of likely N-dealkylation sites (tertiary alicyclic amines) is 1. The van der Waals surface area contributed by atoms with Gasteiger partial charge in [-0.25, -0.2) is 4.98 Å². The van der Waals surface area contributed by atoms with Crippen LogP contribution in [0, 0.1) is 0 Å². The van der Waals surface area contributed by atoms with Gasteiger partial charge in [0.25, 0.3) is 0 Å². The van der Waals surface area contributed by atoms with Crippen LogP contribution >= 0.6 is 0 Å². The number of amides is 1. The molecular weight excluding hydrogens is 323 g/mol. The second-order valence-electron chi connectivity index (χ2n) is 5.73. The number of nitrogens with zero attached hydrogens (tertiary/aromatic N) is 5. The molecule has 0 spiro atoms. The van der Waals surface area contributed by atoms with Crippen molar-refractivity contribution < 1.29 is 18.0 Å². The van der Waals surface area contributed by atoms with Gasteiger partial charge < -0.3 is 9.47 Å². The maximum absolute atomic E-state index is 12.7. The molecule has 0 N–H and O–H groups in total. The summed E-state index contributed by atoms with van der Waals surface area (Å²) in [5.41, 5.74) is -0.877. The first-order valence-electron chi connectivity index (χ1n) is 7.53. The van der Waals surface area contributed by atoms with Crippen LogP contribution in [-0.2, 0) is 24.4 Å². The fraction of sp³-hybridized carbons (Fsp3) is 0.467. The summed E-state index contributed by atoms with van der Waals surface area (Å²) in [6, 6.07) is 3.39. The Balaban J connectivity index is 1.76. The lowest BCUT2D eigenvalue weighted by Crippen LogP contribution is -2.33. The molecule has 1 unspecified atom stereocenters. The summed E-state index contributed by atoms with van der Waals surface area (Å²) >= 11 is 0. The average Bonchev–Trinajstić information content (AvgIpc) is 3.14. The van der Waals surface area contributed by atoms with E-state index < -0.39 is 11.9 Å². The van der Waals surface area contributed by atoms with Crippen molar-refractivity contribution in [1.29, 1.82) is 0 Å². The van der Waals surface area contributed by atoms with Crippen LogP contribution in [0.1, 0.15) is 36.1 Å². The number of pyridine rings is 1. The third kappa shape index (κ3) is 3.24. The highest BCUT2D eigenvalue weighted by molar-refractivity contribution is 5.79. The van der Waals surface area contributed by atoms with E-state index in [9.17, 15) is 18.0 Å². The van der Waals surface area contributed by atoms with Crippen LogP contribution < -0.4 is 0 Å². The summed E-state index contributed by atoms with van der Waals surface area (Å²) in [4.78, 5) is 17.7. The smallest absolute Gasteiger partial charge is 0.332 e. The molecule has 6 nitrogen and oxygen atoms in total. The van der Waals surface area contributed by atoms with Crippen molar-refractivity contribution >= 4 is 5.91 Å². The average molecular weight is 339 g/mol. The van der Waals surface area contributed by atoms with E-state index in [4.69, 9.17) is 0 Å². The minimum absolute atomic E-state index is 0.110. The maximum Gasteiger partial charge on any atom is 0.433 e. The Kier molecular flexibility index (Phi) is 4.25. The van der Waals surface area contributed by atoms with Crippen molar-refractivity contribution in [3.63, 3.8) is 0 Å². The van der Waals surface area contributed by atoms with Crippen LogP contribution in [0.25, 0.3) is 0 Å². The fourth-order valence-corrected chi connectivity index (χ4v) is 2.92. The Morgan fingerprint density at radius 3 is 2.83 bits per heavy atom. The zero-order chi connectivity index (χ0) is 17.3. The molecule has 1 saturated heterocycles. The van der Waals surface area contributed by atoms with Gasteiger partial charge in [0.15, 0.2) is 5.82 Å². The molecule has 1 aliphatic rings. The van der Waals surface area contributed by atoms with Gasteiger partial charge in [-0.05, 0) is 25.0 Å². The summed E-state index contributed by atoms with van der Waals surface area (Å²) in [7, 11) is 1.80. The number of hydrogen-bond acceptors (Lipinski definition) is 4. The van der Waals surface area contributed by atoms with Gasteiger partial charge in [-0.2, -0.15) is 13.2 Å². The Morgan fingerprint density at radius 2 is 2.17 bits per heavy atom. The highest BCUT2D eigenvalue weighted by Gasteiger charge is 2.34. The summed E-state index contributed by atoms with van der Waals surface area (Å²) in [6.07, 6.45) is -1.55. The Bertz CT molecular complexity index is 743. The standard InChI is InChI=1S/C15H16F3N5O/c1-22-9-19-21-14(22)11-5-3-7-23(11)13(24)8-10-4-2-6-12(20-10)15(16,17)18/h2,4,6,9,11H,3,5,7-8H2,1H3. The van der Waals surface area contributed by atoms with Gasteiger partial charge in [0, 0.05) is 13.6 Å². The fourth-order valence-electron chi connectivity index (χ4n) is 2.92. The third-order valence-corrected chi connectivity index (χ3v) is 4.05. The molecule has 0 bridgehead atoms. The van der Waals surface area contributed by atoms with Crippen molar-refractivity contribution in [2.75, 3.05) is 6.54 Å². The van der Waals surface area contributed by atoms with Crippen LogP contribution in [-0.4, -0.2) is 37.1 Å². The molecule has 0 saturated carbocycles. The maximum atomic E-state index is 12.7. The number of carbonyl (C=O) groups is 1. The number of aryl methyl sites for hydroxylation is 1. The molecule has 2 aromatic rings. The predicted octanol–water partition coefficient (Wildman–Crippen LogP) is 2.14. The first-order valence-corrected chi connectivity index (χ1v) is 7.53. The minimum Gasteiger partial charge on any atom is -0.332 e. The van der Waals surface area contributed by atoms with Crippen molar-refractivity contribution in [3.8, 4) is 0 Å². The number of carbonyl (C=O) groups excluding carboxylic acids is 1. The van der Waals surface area contributed by atoms with Gasteiger partial charge in [0.05, 0.1) is 18.2 Å². The Labute approximate surface area is 136 Å².